The minimum atomic E-state index is -4.90. The molecule has 2 N–H and O–H groups in total. The molecule has 0 unspecified atom stereocenters. The molecule has 2 atom stereocenters. The first kappa shape index (κ1) is 21.7. The van der Waals surface area contributed by atoms with E-state index in [2.05, 4.69) is 10.6 Å². The van der Waals surface area contributed by atoms with Gasteiger partial charge in [-0.2, -0.15) is 26.3 Å². The Morgan fingerprint density at radius 3 is 1.96 bits per heavy atom. The number of anilines is 1. The van der Waals surface area contributed by atoms with Gasteiger partial charge in [0.05, 0.1) is 11.1 Å². The van der Waals surface area contributed by atoms with E-state index in [1.165, 1.54) is 0 Å². The van der Waals surface area contributed by atoms with E-state index in [9.17, 15) is 26.3 Å². The van der Waals surface area contributed by atoms with Crippen LogP contribution in [0, 0.1) is 0 Å². The molecule has 1 aromatic rings. The second-order valence-corrected chi connectivity index (χ2v) is 7.22. The molecule has 1 saturated carbocycles. The molecule has 0 aliphatic heterocycles. The zero-order chi connectivity index (χ0) is 20.4. The van der Waals surface area contributed by atoms with E-state index in [-0.39, 0.29) is 28.9 Å². The fourth-order valence-electron chi connectivity index (χ4n) is 3.26. The average molecular weight is 413 g/mol. The normalized spacial score (nSPS) is 21.2. The Hall–Kier alpha value is -1.55. The summed E-state index contributed by atoms with van der Waals surface area (Å²) in [5.74, 6) is 0. The molecule has 2 rings (SSSR count). The van der Waals surface area contributed by atoms with Crippen LogP contribution in [0.2, 0.25) is 0 Å². The third kappa shape index (κ3) is 5.97. The molecule has 0 saturated heterocycles. The monoisotopic (exact) mass is 413 g/mol. The number of benzene rings is 1. The second kappa shape index (κ2) is 8.22. The highest BCUT2D eigenvalue weighted by molar-refractivity contribution is 7.80. The maximum absolute atomic E-state index is 12.9. The van der Waals surface area contributed by atoms with Crippen LogP contribution in [0.15, 0.2) is 18.2 Å². The SMILES string of the molecule is CN(C)[C@H]1CCCC[C@@H]1NC(=S)Nc1cc(C(F)(F)F)cc(C(F)(F)F)c1. The van der Waals surface area contributed by atoms with Gasteiger partial charge in [-0.15, -0.1) is 0 Å². The third-order valence-electron chi connectivity index (χ3n) is 4.55. The Balaban J connectivity index is 2.19. The second-order valence-electron chi connectivity index (χ2n) is 6.81. The molecular weight excluding hydrogens is 392 g/mol. The molecule has 1 aliphatic carbocycles. The van der Waals surface area contributed by atoms with Gasteiger partial charge in [-0.25, -0.2) is 0 Å². The fourth-order valence-corrected chi connectivity index (χ4v) is 3.53. The minimum absolute atomic E-state index is 0.00111. The number of hydrogen-bond acceptors (Lipinski definition) is 2. The molecule has 3 nitrogen and oxygen atoms in total. The van der Waals surface area contributed by atoms with E-state index in [1.807, 2.05) is 19.0 Å². The molecule has 1 fully saturated rings. The minimum Gasteiger partial charge on any atom is -0.358 e. The fraction of sp³-hybridized carbons (Fsp3) is 0.588. The van der Waals surface area contributed by atoms with Crippen molar-refractivity contribution in [1.29, 1.82) is 0 Å². The number of likely N-dealkylation sites (N-methyl/N-ethyl adjacent to an activating group) is 1. The molecule has 0 radical (unpaired) electrons. The standard InChI is InChI=1S/C17H21F6N3S/c1-26(2)14-6-4-3-5-13(14)25-15(27)24-12-8-10(16(18,19)20)7-11(9-12)17(21,22)23/h7-9,13-14H,3-6H2,1-2H3,(H2,24,25,27)/t13-,14-/m0/s1. The van der Waals surface area contributed by atoms with Crippen molar-refractivity contribution in [2.24, 2.45) is 0 Å². The van der Waals surface area contributed by atoms with Gasteiger partial charge in [0.1, 0.15) is 0 Å². The number of rotatable bonds is 3. The van der Waals surface area contributed by atoms with Gasteiger partial charge in [0.2, 0.25) is 0 Å². The topological polar surface area (TPSA) is 27.3 Å². The van der Waals surface area contributed by atoms with Gasteiger partial charge in [0.25, 0.3) is 0 Å². The summed E-state index contributed by atoms with van der Waals surface area (Å²) in [6.07, 6.45) is -6.00. The largest absolute Gasteiger partial charge is 0.416 e. The summed E-state index contributed by atoms with van der Waals surface area (Å²) >= 11 is 5.13. The van der Waals surface area contributed by atoms with E-state index >= 15 is 0 Å². The van der Waals surface area contributed by atoms with Crippen LogP contribution in [-0.4, -0.2) is 36.2 Å². The van der Waals surface area contributed by atoms with Crippen molar-refractivity contribution in [2.75, 3.05) is 19.4 Å². The molecule has 0 bridgehead atoms. The Labute approximate surface area is 159 Å². The zero-order valence-corrected chi connectivity index (χ0v) is 15.7. The van der Waals surface area contributed by atoms with E-state index in [4.69, 9.17) is 12.2 Å². The third-order valence-corrected chi connectivity index (χ3v) is 4.77. The van der Waals surface area contributed by atoms with E-state index in [0.717, 1.165) is 25.7 Å². The molecule has 0 aromatic heterocycles. The highest BCUT2D eigenvalue weighted by atomic mass is 32.1. The maximum Gasteiger partial charge on any atom is 0.416 e. The van der Waals surface area contributed by atoms with Gasteiger partial charge in [-0.1, -0.05) is 12.8 Å². The number of nitrogens with zero attached hydrogens (tertiary/aromatic N) is 1. The highest BCUT2D eigenvalue weighted by Crippen LogP contribution is 2.37. The van der Waals surface area contributed by atoms with Crippen LogP contribution in [0.25, 0.3) is 0 Å². The summed E-state index contributed by atoms with van der Waals surface area (Å²) in [7, 11) is 3.84. The number of halogens is 6. The Bertz CT molecular complexity index is 639. The Kier molecular flexibility index (Phi) is 6.62. The number of nitrogens with one attached hydrogen (secondary N) is 2. The van der Waals surface area contributed by atoms with Crippen molar-refractivity contribution in [1.82, 2.24) is 10.2 Å². The van der Waals surface area contributed by atoms with Gasteiger partial charge in [-0.05, 0) is 57.4 Å². The summed E-state index contributed by atoms with van der Waals surface area (Å²) in [5, 5.41) is 5.51. The molecule has 1 aliphatic rings. The first-order valence-electron chi connectivity index (χ1n) is 8.41. The van der Waals surface area contributed by atoms with E-state index in [1.54, 1.807) is 0 Å². The Morgan fingerprint density at radius 2 is 1.48 bits per heavy atom. The summed E-state index contributed by atoms with van der Waals surface area (Å²) in [5.41, 5.74) is -3.12. The van der Waals surface area contributed by atoms with Crippen LogP contribution < -0.4 is 10.6 Å². The summed E-state index contributed by atoms with van der Waals surface area (Å²) in [6, 6.07) is 1.48. The predicted molar refractivity (Wildman–Crippen MR) is 95.5 cm³/mol. The van der Waals surface area contributed by atoms with Gasteiger partial charge in [-0.3, -0.25) is 0 Å². The quantitative estimate of drug-likeness (QED) is 0.546. The van der Waals surface area contributed by atoms with E-state index in [0.29, 0.717) is 12.1 Å². The average Bonchev–Trinajstić information content (AvgIpc) is 2.53. The lowest BCUT2D eigenvalue weighted by Crippen LogP contribution is -2.52. The van der Waals surface area contributed by atoms with Crippen molar-refractivity contribution >= 4 is 23.0 Å². The number of thiocarbonyl (C=S) groups is 1. The van der Waals surface area contributed by atoms with Crippen LogP contribution >= 0.6 is 12.2 Å². The number of alkyl halides is 6. The van der Waals surface area contributed by atoms with Crippen molar-refractivity contribution in [3.63, 3.8) is 0 Å². The first-order valence-corrected chi connectivity index (χ1v) is 8.82. The van der Waals surface area contributed by atoms with E-state index < -0.39 is 23.5 Å². The van der Waals surface area contributed by atoms with Crippen LogP contribution in [0.1, 0.15) is 36.8 Å². The molecule has 1 aromatic carbocycles. The van der Waals surface area contributed by atoms with Gasteiger partial charge in [0.15, 0.2) is 5.11 Å². The van der Waals surface area contributed by atoms with Crippen LogP contribution in [0.4, 0.5) is 32.0 Å². The van der Waals surface area contributed by atoms with Crippen molar-refractivity contribution in [3.8, 4) is 0 Å². The lowest BCUT2D eigenvalue weighted by Gasteiger charge is -2.37. The molecule has 152 valence electrons. The number of hydrogen-bond donors (Lipinski definition) is 2. The smallest absolute Gasteiger partial charge is 0.358 e. The molecule has 27 heavy (non-hydrogen) atoms. The zero-order valence-electron chi connectivity index (χ0n) is 14.8. The maximum atomic E-state index is 12.9. The van der Waals surface area contributed by atoms with Crippen molar-refractivity contribution in [2.45, 2.75) is 50.1 Å². The molecular formula is C17H21F6N3S. The lowest BCUT2D eigenvalue weighted by molar-refractivity contribution is -0.143. The van der Waals surface area contributed by atoms with Crippen LogP contribution in [-0.2, 0) is 12.4 Å². The van der Waals surface area contributed by atoms with Gasteiger partial charge in [0, 0.05) is 17.8 Å². The molecule has 0 spiro atoms. The molecule has 0 amide bonds. The highest BCUT2D eigenvalue weighted by Gasteiger charge is 2.37. The van der Waals surface area contributed by atoms with Crippen LogP contribution in [0.5, 0.6) is 0 Å². The van der Waals surface area contributed by atoms with Crippen molar-refractivity contribution < 1.29 is 26.3 Å². The molecule has 10 heteroatoms. The predicted octanol–water partition coefficient (Wildman–Crippen LogP) is 4.88. The van der Waals surface area contributed by atoms with Gasteiger partial charge >= 0.3 is 12.4 Å². The van der Waals surface area contributed by atoms with Gasteiger partial charge < -0.3 is 15.5 Å². The Morgan fingerprint density at radius 1 is 0.963 bits per heavy atom. The summed E-state index contributed by atoms with van der Waals surface area (Å²) in [6.45, 7) is 0. The lowest BCUT2D eigenvalue weighted by atomic mass is 9.90. The first-order chi connectivity index (χ1) is 12.4. The van der Waals surface area contributed by atoms with Crippen LogP contribution in [0.3, 0.4) is 0 Å². The molecule has 0 heterocycles. The summed E-state index contributed by atoms with van der Waals surface area (Å²) in [4.78, 5) is 2.03. The van der Waals surface area contributed by atoms with Crippen molar-refractivity contribution in [3.05, 3.63) is 29.3 Å². The summed E-state index contributed by atoms with van der Waals surface area (Å²) < 4.78 is 77.6.